The average molecular weight is 450 g/mol. The van der Waals surface area contributed by atoms with Crippen molar-refractivity contribution in [3.63, 3.8) is 0 Å². The van der Waals surface area contributed by atoms with E-state index in [1.165, 1.54) is 27.1 Å². The fourth-order valence-corrected chi connectivity index (χ4v) is 5.30. The fourth-order valence-electron chi connectivity index (χ4n) is 3.95. The molecule has 4 aromatic rings. The predicted molar refractivity (Wildman–Crippen MR) is 134 cm³/mol. The van der Waals surface area contributed by atoms with Gasteiger partial charge in [0.05, 0.1) is 5.39 Å². The van der Waals surface area contributed by atoms with E-state index in [1.54, 1.807) is 11.3 Å². The highest BCUT2D eigenvalue weighted by Gasteiger charge is 2.24. The summed E-state index contributed by atoms with van der Waals surface area (Å²) in [5.41, 5.74) is 5.05. The summed E-state index contributed by atoms with van der Waals surface area (Å²) in [5.74, 6) is 0.916. The molecule has 3 nitrogen and oxygen atoms in total. The summed E-state index contributed by atoms with van der Waals surface area (Å²) < 4.78 is 0. The van der Waals surface area contributed by atoms with Crippen LogP contribution in [-0.4, -0.2) is 16.0 Å². The third-order valence-electron chi connectivity index (χ3n) is 5.64. The summed E-state index contributed by atoms with van der Waals surface area (Å²) in [4.78, 5) is 14.0. The molecule has 160 valence electrons. The van der Waals surface area contributed by atoms with Gasteiger partial charge in [0, 0.05) is 23.0 Å². The van der Waals surface area contributed by atoms with Gasteiger partial charge in [-0.15, -0.1) is 11.3 Å². The summed E-state index contributed by atoms with van der Waals surface area (Å²) >= 11 is 8.15. The smallest absolute Gasteiger partial charge is 0.225 e. The first-order valence-electron chi connectivity index (χ1n) is 10.9. The van der Waals surface area contributed by atoms with Gasteiger partial charge < -0.3 is 4.90 Å². The molecule has 0 radical (unpaired) electrons. The number of aromatic nitrogens is 2. The summed E-state index contributed by atoms with van der Waals surface area (Å²) in [6.45, 7) is 9.56. The van der Waals surface area contributed by atoms with Crippen molar-refractivity contribution < 1.29 is 0 Å². The lowest BCUT2D eigenvalue weighted by Gasteiger charge is -2.29. The lowest BCUT2D eigenvalue weighted by molar-refractivity contribution is 0.675. The average Bonchev–Trinajstić information content (AvgIpc) is 3.16. The first-order chi connectivity index (χ1) is 15.0. The minimum atomic E-state index is 0.259. The largest absolute Gasteiger partial charge is 0.349 e. The zero-order valence-electron chi connectivity index (χ0n) is 18.5. The monoisotopic (exact) mass is 449 g/mol. The molecule has 0 aliphatic carbocycles. The number of nitrogens with zero attached hydrogens (tertiary/aromatic N) is 3. The molecule has 0 bridgehead atoms. The zero-order valence-corrected chi connectivity index (χ0v) is 20.1. The van der Waals surface area contributed by atoms with Crippen molar-refractivity contribution in [3.8, 4) is 11.1 Å². The Morgan fingerprint density at radius 3 is 2.23 bits per heavy atom. The number of fused-ring (bicyclic) bond motifs is 1. The van der Waals surface area contributed by atoms with Crippen LogP contribution in [0.2, 0.25) is 5.28 Å². The van der Waals surface area contributed by atoms with E-state index in [9.17, 15) is 0 Å². The van der Waals surface area contributed by atoms with E-state index in [-0.39, 0.29) is 6.04 Å². The summed E-state index contributed by atoms with van der Waals surface area (Å²) in [6.07, 6.45) is 1.98. The molecule has 0 spiro atoms. The quantitative estimate of drug-likeness (QED) is 0.272. The van der Waals surface area contributed by atoms with Gasteiger partial charge in [-0.1, -0.05) is 68.4 Å². The standard InChI is InChI=1S/C26H28ClN3S/c1-5-18-12-14-20(15-13-18)22-21(6-2)31-25-23(22)24(28-26(27)29-25)30(17(3)4)16-19-10-8-7-9-11-19/h7-15,17H,5-6,16H2,1-4H3. The molecule has 2 aromatic carbocycles. The van der Waals surface area contributed by atoms with Crippen LogP contribution in [0.4, 0.5) is 5.82 Å². The van der Waals surface area contributed by atoms with Crippen molar-refractivity contribution >= 4 is 39.0 Å². The normalized spacial score (nSPS) is 11.4. The van der Waals surface area contributed by atoms with Gasteiger partial charge in [-0.3, -0.25) is 0 Å². The van der Waals surface area contributed by atoms with Crippen molar-refractivity contribution in [1.29, 1.82) is 0 Å². The van der Waals surface area contributed by atoms with E-state index in [0.29, 0.717) is 5.28 Å². The van der Waals surface area contributed by atoms with Crippen LogP contribution >= 0.6 is 22.9 Å². The van der Waals surface area contributed by atoms with Gasteiger partial charge in [0.2, 0.25) is 5.28 Å². The van der Waals surface area contributed by atoms with E-state index >= 15 is 0 Å². The molecule has 0 fully saturated rings. The molecule has 31 heavy (non-hydrogen) atoms. The first kappa shape index (κ1) is 21.8. The van der Waals surface area contributed by atoms with Gasteiger partial charge in [0.1, 0.15) is 10.6 Å². The van der Waals surface area contributed by atoms with Crippen LogP contribution < -0.4 is 4.90 Å². The molecule has 0 saturated heterocycles. The van der Waals surface area contributed by atoms with Crippen molar-refractivity contribution in [3.05, 3.63) is 75.9 Å². The van der Waals surface area contributed by atoms with Crippen LogP contribution in [0.3, 0.4) is 0 Å². The van der Waals surface area contributed by atoms with Crippen LogP contribution in [0.5, 0.6) is 0 Å². The SMILES string of the molecule is CCc1ccc(-c2c(CC)sc3nc(Cl)nc(N(Cc4ccccc4)C(C)C)c23)cc1. The number of hydrogen-bond acceptors (Lipinski definition) is 4. The lowest BCUT2D eigenvalue weighted by atomic mass is 9.99. The molecule has 0 unspecified atom stereocenters. The van der Waals surface area contributed by atoms with Crippen LogP contribution in [0.15, 0.2) is 54.6 Å². The fraction of sp³-hybridized carbons (Fsp3) is 0.308. The molecule has 4 rings (SSSR count). The van der Waals surface area contributed by atoms with Gasteiger partial charge >= 0.3 is 0 Å². The Hall–Kier alpha value is -2.43. The second-order valence-corrected chi connectivity index (χ2v) is 9.43. The Morgan fingerprint density at radius 2 is 1.61 bits per heavy atom. The topological polar surface area (TPSA) is 29.0 Å². The Bertz CT molecular complexity index is 1170. The maximum absolute atomic E-state index is 6.42. The van der Waals surface area contributed by atoms with Crippen LogP contribution in [0, 0.1) is 0 Å². The Labute approximate surface area is 193 Å². The van der Waals surface area contributed by atoms with Crippen molar-refractivity contribution in [1.82, 2.24) is 9.97 Å². The van der Waals surface area contributed by atoms with Gasteiger partial charge in [0.15, 0.2) is 0 Å². The van der Waals surface area contributed by atoms with E-state index in [2.05, 4.69) is 86.1 Å². The van der Waals surface area contributed by atoms with Crippen molar-refractivity contribution in [2.45, 2.75) is 53.1 Å². The molecule has 0 aliphatic heterocycles. The number of thiophene rings is 1. The van der Waals surface area contributed by atoms with Crippen LogP contribution in [0.1, 0.15) is 43.7 Å². The zero-order chi connectivity index (χ0) is 22.0. The molecular weight excluding hydrogens is 422 g/mol. The Balaban J connectivity index is 1.94. The van der Waals surface area contributed by atoms with Crippen LogP contribution in [-0.2, 0) is 19.4 Å². The van der Waals surface area contributed by atoms with E-state index in [0.717, 1.165) is 35.4 Å². The number of anilines is 1. The second kappa shape index (κ2) is 9.37. The highest BCUT2D eigenvalue weighted by Crippen LogP contribution is 2.43. The molecule has 2 heterocycles. The Kier molecular flexibility index (Phi) is 6.59. The molecule has 0 amide bonds. The third-order valence-corrected chi connectivity index (χ3v) is 7.04. The van der Waals surface area contributed by atoms with Gasteiger partial charge in [-0.2, -0.15) is 4.98 Å². The van der Waals surface area contributed by atoms with Gasteiger partial charge in [0.25, 0.3) is 0 Å². The number of halogens is 1. The molecular formula is C26H28ClN3S. The Morgan fingerprint density at radius 1 is 0.903 bits per heavy atom. The maximum Gasteiger partial charge on any atom is 0.225 e. The minimum absolute atomic E-state index is 0.259. The van der Waals surface area contributed by atoms with Gasteiger partial charge in [-0.25, -0.2) is 4.98 Å². The molecule has 0 atom stereocenters. The molecule has 0 N–H and O–H groups in total. The third kappa shape index (κ3) is 4.46. The van der Waals surface area contributed by atoms with Crippen molar-refractivity contribution in [2.24, 2.45) is 0 Å². The molecule has 5 heteroatoms. The second-order valence-electron chi connectivity index (χ2n) is 8.01. The molecule has 0 aliphatic rings. The maximum atomic E-state index is 6.42. The number of benzene rings is 2. The lowest BCUT2D eigenvalue weighted by Crippen LogP contribution is -2.31. The molecule has 2 aromatic heterocycles. The van der Waals surface area contributed by atoms with Crippen LogP contribution in [0.25, 0.3) is 21.3 Å². The number of rotatable bonds is 7. The van der Waals surface area contributed by atoms with E-state index in [4.69, 9.17) is 16.6 Å². The minimum Gasteiger partial charge on any atom is -0.349 e. The highest BCUT2D eigenvalue weighted by atomic mass is 35.5. The first-order valence-corrected chi connectivity index (χ1v) is 12.1. The number of hydrogen-bond donors (Lipinski definition) is 0. The van der Waals surface area contributed by atoms with E-state index in [1.807, 2.05) is 6.07 Å². The van der Waals surface area contributed by atoms with Crippen molar-refractivity contribution in [2.75, 3.05) is 4.90 Å². The number of aryl methyl sites for hydroxylation is 2. The molecule has 0 saturated carbocycles. The van der Waals surface area contributed by atoms with E-state index < -0.39 is 0 Å². The van der Waals surface area contributed by atoms with Gasteiger partial charge in [-0.05, 0) is 55.0 Å². The predicted octanol–water partition coefficient (Wildman–Crippen LogP) is 7.55. The summed E-state index contributed by atoms with van der Waals surface area (Å²) in [5, 5.41) is 1.41. The summed E-state index contributed by atoms with van der Waals surface area (Å²) in [7, 11) is 0. The summed E-state index contributed by atoms with van der Waals surface area (Å²) in [6, 6.07) is 19.7. The highest BCUT2D eigenvalue weighted by molar-refractivity contribution is 7.19.